The number of para-hydroxylation sites is 2. The first-order valence-electron chi connectivity index (χ1n) is 8.53. The Bertz CT molecular complexity index is 979. The first kappa shape index (κ1) is 18.3. The maximum atomic E-state index is 12.9. The highest BCUT2D eigenvalue weighted by atomic mass is 32.2. The summed E-state index contributed by atoms with van der Waals surface area (Å²) in [6, 6.07) is 12.9. The van der Waals surface area contributed by atoms with Crippen molar-refractivity contribution in [3.63, 3.8) is 0 Å². The third-order valence-corrected chi connectivity index (χ3v) is 4.90. The van der Waals surface area contributed by atoms with Gasteiger partial charge in [0, 0.05) is 5.69 Å². The van der Waals surface area contributed by atoms with Gasteiger partial charge in [0.25, 0.3) is 11.1 Å². The van der Waals surface area contributed by atoms with Crippen molar-refractivity contribution in [1.29, 1.82) is 0 Å². The molecule has 0 fully saturated rings. The Hall–Kier alpha value is -3.07. The second kappa shape index (κ2) is 7.89. The number of halogens is 1. The Morgan fingerprint density at radius 3 is 2.71 bits per heavy atom. The Kier molecular flexibility index (Phi) is 5.16. The fourth-order valence-electron chi connectivity index (χ4n) is 2.52. The normalized spacial score (nSPS) is 16.4. The Morgan fingerprint density at radius 1 is 1.18 bits per heavy atom. The fourth-order valence-corrected chi connectivity index (χ4v) is 3.21. The van der Waals surface area contributed by atoms with Crippen LogP contribution in [-0.4, -0.2) is 28.0 Å². The van der Waals surface area contributed by atoms with Crippen molar-refractivity contribution in [3.8, 4) is 11.5 Å². The summed E-state index contributed by atoms with van der Waals surface area (Å²) in [6.07, 6.45) is -0.514. The van der Waals surface area contributed by atoms with Gasteiger partial charge in [0.2, 0.25) is 12.0 Å². The number of nitrogens with one attached hydrogen (secondary N) is 1. The minimum Gasteiger partial charge on any atom is -0.485 e. The molecule has 144 valence electrons. The van der Waals surface area contributed by atoms with Gasteiger partial charge < -0.3 is 19.2 Å². The Morgan fingerprint density at radius 2 is 1.93 bits per heavy atom. The number of carbonyl (C=O) groups excluding carboxylic acids is 1. The van der Waals surface area contributed by atoms with Crippen molar-refractivity contribution in [3.05, 3.63) is 60.2 Å². The number of fused-ring (bicyclic) bond motifs is 1. The van der Waals surface area contributed by atoms with Crippen LogP contribution in [0.3, 0.4) is 0 Å². The van der Waals surface area contributed by atoms with Gasteiger partial charge in [0.05, 0.1) is 5.25 Å². The molecule has 3 aromatic rings. The van der Waals surface area contributed by atoms with Gasteiger partial charge in [-0.3, -0.25) is 4.79 Å². The van der Waals surface area contributed by atoms with Crippen LogP contribution >= 0.6 is 11.8 Å². The maximum Gasteiger partial charge on any atom is 0.277 e. The van der Waals surface area contributed by atoms with E-state index in [1.807, 2.05) is 18.2 Å². The number of hydrogen-bond acceptors (Lipinski definition) is 7. The number of benzene rings is 2. The van der Waals surface area contributed by atoms with Gasteiger partial charge in [-0.15, -0.1) is 10.2 Å². The minimum absolute atomic E-state index is 0.249. The van der Waals surface area contributed by atoms with Crippen LogP contribution in [0.25, 0.3) is 0 Å². The monoisotopic (exact) mass is 401 g/mol. The van der Waals surface area contributed by atoms with Crippen LogP contribution in [-0.2, 0) is 4.79 Å². The average Bonchev–Trinajstić information content (AvgIpc) is 3.17. The Balaban J connectivity index is 1.36. The van der Waals surface area contributed by atoms with Crippen molar-refractivity contribution in [2.24, 2.45) is 0 Å². The molecule has 28 heavy (non-hydrogen) atoms. The molecule has 1 amide bonds. The molecule has 4 rings (SSSR count). The number of thioether (sulfide) groups is 1. The molecule has 2 aromatic carbocycles. The van der Waals surface area contributed by atoms with Crippen molar-refractivity contribution in [1.82, 2.24) is 10.2 Å². The van der Waals surface area contributed by atoms with Crippen LogP contribution in [0.1, 0.15) is 18.9 Å². The molecule has 1 aliphatic heterocycles. The lowest BCUT2D eigenvalue weighted by Gasteiger charge is -2.23. The molecule has 2 atom stereocenters. The summed E-state index contributed by atoms with van der Waals surface area (Å²) in [5.41, 5.74) is 0.511. The number of carbonyl (C=O) groups is 1. The van der Waals surface area contributed by atoms with Crippen molar-refractivity contribution >= 4 is 23.4 Å². The topological polar surface area (TPSA) is 86.5 Å². The molecule has 0 radical (unpaired) electrons. The lowest BCUT2D eigenvalue weighted by Crippen LogP contribution is -2.22. The first-order valence-corrected chi connectivity index (χ1v) is 9.41. The van der Waals surface area contributed by atoms with E-state index in [9.17, 15) is 9.18 Å². The van der Waals surface area contributed by atoms with Crippen LogP contribution in [0, 0.1) is 5.82 Å². The Labute approximate surface area is 164 Å². The number of hydrogen-bond donors (Lipinski definition) is 1. The fraction of sp³-hybridized carbons (Fsp3) is 0.211. The molecule has 7 nitrogen and oxygen atoms in total. The number of rotatable bonds is 5. The zero-order chi connectivity index (χ0) is 19.5. The average molecular weight is 401 g/mol. The van der Waals surface area contributed by atoms with Crippen LogP contribution in [0.2, 0.25) is 0 Å². The maximum absolute atomic E-state index is 12.9. The second-order valence-electron chi connectivity index (χ2n) is 6.03. The summed E-state index contributed by atoms with van der Waals surface area (Å²) in [5.74, 6) is 0.929. The molecule has 0 saturated carbocycles. The molecule has 2 heterocycles. The van der Waals surface area contributed by atoms with E-state index in [-0.39, 0.29) is 29.4 Å². The van der Waals surface area contributed by atoms with Crippen LogP contribution in [0.15, 0.2) is 58.2 Å². The molecule has 0 unspecified atom stereocenters. The van der Waals surface area contributed by atoms with Gasteiger partial charge in [-0.05, 0) is 43.3 Å². The molecule has 0 spiro atoms. The van der Waals surface area contributed by atoms with E-state index in [4.69, 9.17) is 13.9 Å². The standard InChI is InChI=1S/C19H16FN3O4S/c1-11(17(24)21-13-8-6-12(20)7-9-13)28-19-23-22-18(27-19)16-10-25-14-4-2-3-5-15(14)26-16/h2-9,11,16H,10H2,1H3,(H,21,24)/t11-,16+/m1/s1. The number of ether oxygens (including phenoxy) is 2. The van der Waals surface area contributed by atoms with Gasteiger partial charge in [-0.1, -0.05) is 23.9 Å². The van der Waals surface area contributed by atoms with E-state index in [1.54, 1.807) is 13.0 Å². The zero-order valence-electron chi connectivity index (χ0n) is 14.8. The smallest absolute Gasteiger partial charge is 0.277 e. The highest BCUT2D eigenvalue weighted by molar-refractivity contribution is 8.00. The van der Waals surface area contributed by atoms with E-state index >= 15 is 0 Å². The highest BCUT2D eigenvalue weighted by Crippen LogP contribution is 2.36. The van der Waals surface area contributed by atoms with Crippen molar-refractivity contribution < 1.29 is 23.1 Å². The molecule has 1 N–H and O–H groups in total. The minimum atomic E-state index is -0.514. The predicted molar refractivity (Wildman–Crippen MR) is 100.0 cm³/mol. The zero-order valence-corrected chi connectivity index (χ0v) is 15.6. The quantitative estimate of drug-likeness (QED) is 0.650. The third kappa shape index (κ3) is 4.09. The molecular formula is C19H16FN3O4S. The molecule has 0 aliphatic carbocycles. The van der Waals surface area contributed by atoms with Crippen LogP contribution < -0.4 is 14.8 Å². The summed E-state index contributed by atoms with van der Waals surface area (Å²) in [5, 5.41) is 10.4. The largest absolute Gasteiger partial charge is 0.485 e. The molecule has 0 saturated heterocycles. The lowest BCUT2D eigenvalue weighted by atomic mass is 10.2. The van der Waals surface area contributed by atoms with E-state index in [1.165, 1.54) is 24.3 Å². The molecule has 1 aliphatic rings. The highest BCUT2D eigenvalue weighted by Gasteiger charge is 2.28. The van der Waals surface area contributed by atoms with Gasteiger partial charge in [0.15, 0.2) is 11.5 Å². The first-order chi connectivity index (χ1) is 13.6. The van der Waals surface area contributed by atoms with Crippen LogP contribution in [0.4, 0.5) is 10.1 Å². The number of aromatic nitrogens is 2. The molecule has 0 bridgehead atoms. The van der Waals surface area contributed by atoms with Crippen molar-refractivity contribution in [2.45, 2.75) is 23.5 Å². The van der Waals surface area contributed by atoms with Gasteiger partial charge in [0.1, 0.15) is 12.4 Å². The van der Waals surface area contributed by atoms with E-state index in [0.29, 0.717) is 17.2 Å². The number of anilines is 1. The summed E-state index contributed by atoms with van der Waals surface area (Å²) in [4.78, 5) is 12.3. The predicted octanol–water partition coefficient (Wildman–Crippen LogP) is 3.84. The van der Waals surface area contributed by atoms with Gasteiger partial charge in [-0.25, -0.2) is 4.39 Å². The molecule has 9 heteroatoms. The van der Waals surface area contributed by atoms with Gasteiger partial charge in [-0.2, -0.15) is 0 Å². The summed E-state index contributed by atoms with van der Waals surface area (Å²) >= 11 is 1.12. The van der Waals surface area contributed by atoms with E-state index in [0.717, 1.165) is 11.8 Å². The van der Waals surface area contributed by atoms with Crippen LogP contribution in [0.5, 0.6) is 11.5 Å². The molecule has 1 aromatic heterocycles. The van der Waals surface area contributed by atoms with Crippen molar-refractivity contribution in [2.75, 3.05) is 11.9 Å². The lowest BCUT2D eigenvalue weighted by molar-refractivity contribution is -0.115. The summed E-state index contributed by atoms with van der Waals surface area (Å²) < 4.78 is 30.1. The molecular weight excluding hydrogens is 385 g/mol. The SMILES string of the molecule is C[C@@H](Sc1nnc([C@@H]2COc3ccccc3O2)o1)C(=O)Nc1ccc(F)cc1. The summed E-state index contributed by atoms with van der Waals surface area (Å²) in [6.45, 7) is 1.97. The second-order valence-corrected chi connectivity index (χ2v) is 7.32. The summed E-state index contributed by atoms with van der Waals surface area (Å²) in [7, 11) is 0. The third-order valence-electron chi connectivity index (χ3n) is 3.96. The number of amides is 1. The van der Waals surface area contributed by atoms with E-state index < -0.39 is 11.4 Å². The van der Waals surface area contributed by atoms with E-state index in [2.05, 4.69) is 15.5 Å². The number of nitrogens with zero attached hydrogens (tertiary/aromatic N) is 2. The van der Waals surface area contributed by atoms with Gasteiger partial charge >= 0.3 is 0 Å².